The van der Waals surface area contributed by atoms with Gasteiger partial charge in [-0.3, -0.25) is 0 Å². The van der Waals surface area contributed by atoms with Crippen molar-refractivity contribution in [3.8, 4) is 0 Å². The Balaban J connectivity index is 2.54. The van der Waals surface area contributed by atoms with Crippen LogP contribution in [0, 0.1) is 0 Å². The van der Waals surface area contributed by atoms with E-state index in [1.807, 2.05) is 0 Å². The number of hydrogen-bond acceptors (Lipinski definition) is 1. The number of nitrogens with zero attached hydrogens (tertiary/aromatic N) is 1. The highest BCUT2D eigenvalue weighted by molar-refractivity contribution is 6.92. The molecule has 5 heteroatoms. The van der Waals surface area contributed by atoms with Crippen molar-refractivity contribution in [3.63, 3.8) is 0 Å². The molecule has 0 atom stereocenters. The van der Waals surface area contributed by atoms with E-state index in [2.05, 4.69) is 3.90 Å². The van der Waals surface area contributed by atoms with Gasteiger partial charge in [-0.25, -0.2) is 0 Å². The van der Waals surface area contributed by atoms with Crippen LogP contribution in [0.5, 0.6) is 0 Å². The zero-order chi connectivity index (χ0) is 4.28. The molecule has 0 amide bonds. The molecule has 0 fully saturated rings. The van der Waals surface area contributed by atoms with Gasteiger partial charge < -0.3 is 3.90 Å². The van der Waals surface area contributed by atoms with Gasteiger partial charge in [0.15, 0.2) is 0 Å². The van der Waals surface area contributed by atoms with Crippen molar-refractivity contribution in [2.75, 3.05) is 0 Å². The van der Waals surface area contributed by atoms with Crippen LogP contribution in [0.15, 0.2) is 0 Å². The van der Waals surface area contributed by atoms with E-state index in [1.165, 1.54) is 30.6 Å². The maximum absolute atomic E-state index is 2.60. The molecule has 5 heavy (non-hydrogen) atoms. The van der Waals surface area contributed by atoms with E-state index in [-0.39, 0.29) is 0 Å². The molecule has 0 spiro atoms. The molecule has 32 valence electrons. The third-order valence-corrected chi connectivity index (χ3v) is 17.1. The van der Waals surface area contributed by atoms with Gasteiger partial charge in [-0.05, 0) is 0 Å². The lowest BCUT2D eigenvalue weighted by Gasteiger charge is -2.00. The quantitative estimate of drug-likeness (QED) is 0.328. The molecular weight excluding hydrogens is 126 g/mol. The Hall–Kier alpha value is 0.828. The minimum Gasteiger partial charge on any atom is -0.390 e. The van der Waals surface area contributed by atoms with Crippen LogP contribution in [0.25, 0.3) is 0 Å². The zero-order valence-corrected chi connectivity index (χ0v) is 11.6. The van der Waals surface area contributed by atoms with E-state index >= 15 is 0 Å². The van der Waals surface area contributed by atoms with Crippen molar-refractivity contribution >= 4 is 39.8 Å². The summed E-state index contributed by atoms with van der Waals surface area (Å²) in [5.41, 5.74) is 0. The molecule has 0 rings (SSSR count). The second-order valence-corrected chi connectivity index (χ2v) is 12.6. The van der Waals surface area contributed by atoms with Crippen LogP contribution in [-0.2, 0) is 0 Å². The molecular formula is H11NSi4. The SMILES string of the molecule is [SiH3][SiH2]N([SiH3])[SiH3]. The summed E-state index contributed by atoms with van der Waals surface area (Å²) in [4.78, 5) is 0. The normalized spacial score (nSPS) is 13.8. The summed E-state index contributed by atoms with van der Waals surface area (Å²) >= 11 is 0. The first kappa shape index (κ1) is 5.83. The highest BCUT2D eigenvalue weighted by atomic mass is 29.1. The highest BCUT2D eigenvalue weighted by Gasteiger charge is 1.73. The third kappa shape index (κ3) is 4.83. The Morgan fingerprint density at radius 3 is 1.60 bits per heavy atom. The first-order valence-electron chi connectivity index (χ1n) is 1.92. The van der Waals surface area contributed by atoms with Crippen LogP contribution in [0.4, 0.5) is 0 Å². The minimum absolute atomic E-state index is 0.444. The molecule has 0 aromatic heterocycles. The first-order chi connectivity index (χ1) is 2.27. The third-order valence-electron chi connectivity index (χ3n) is 0.632. The maximum atomic E-state index is 2.60. The zero-order valence-electron chi connectivity index (χ0n) is 4.15. The monoisotopic (exact) mass is 137 g/mol. The van der Waals surface area contributed by atoms with Crippen molar-refractivity contribution in [2.24, 2.45) is 0 Å². The Bertz CT molecular complexity index is 17.6. The fourth-order valence-corrected chi connectivity index (χ4v) is 0. The molecule has 0 aromatic rings. The largest absolute Gasteiger partial charge is 0.390 e. The number of rotatable bonds is 1. The fraction of sp³-hybridized carbons (Fsp3) is 0. The predicted molar refractivity (Wildman–Crippen MR) is 40.2 cm³/mol. The second-order valence-electron chi connectivity index (χ2n) is 1.40. The van der Waals surface area contributed by atoms with Crippen LogP contribution >= 0.6 is 0 Å². The summed E-state index contributed by atoms with van der Waals surface area (Å²) in [7, 11) is 4.67. The van der Waals surface area contributed by atoms with Crippen molar-refractivity contribution in [1.29, 1.82) is 0 Å². The van der Waals surface area contributed by atoms with Crippen LogP contribution in [0.1, 0.15) is 0 Å². The summed E-state index contributed by atoms with van der Waals surface area (Å²) in [6, 6.07) is 0. The van der Waals surface area contributed by atoms with Gasteiger partial charge in [-0.1, -0.05) is 0 Å². The van der Waals surface area contributed by atoms with E-state index in [1.54, 1.807) is 0 Å². The molecule has 0 aromatic carbocycles. The van der Waals surface area contributed by atoms with Crippen LogP contribution in [0.3, 0.4) is 0 Å². The Morgan fingerprint density at radius 2 is 1.60 bits per heavy atom. The van der Waals surface area contributed by atoms with Crippen LogP contribution in [0.2, 0.25) is 0 Å². The highest BCUT2D eigenvalue weighted by Crippen LogP contribution is 1.50. The first-order valence-corrected chi connectivity index (χ1v) is 10.00. The summed E-state index contributed by atoms with van der Waals surface area (Å²) in [5, 5.41) is 0. The molecule has 0 radical (unpaired) electrons. The second kappa shape index (κ2) is 3.03. The Kier molecular flexibility index (Phi) is 3.54. The molecule has 0 aliphatic heterocycles. The molecule has 0 heterocycles. The standard InChI is InChI=1S/H11NSi4/c2-1(3)5-4/h5H2,2-4H3. The van der Waals surface area contributed by atoms with Gasteiger partial charge in [-0.2, -0.15) is 0 Å². The molecule has 0 saturated heterocycles. The van der Waals surface area contributed by atoms with Gasteiger partial charge in [0, 0.05) is 9.76 Å². The van der Waals surface area contributed by atoms with Gasteiger partial charge in [0.05, 0.1) is 30.0 Å². The van der Waals surface area contributed by atoms with E-state index in [0.29, 0.717) is 9.20 Å². The van der Waals surface area contributed by atoms with Crippen LogP contribution < -0.4 is 0 Å². The molecule has 0 aliphatic carbocycles. The summed E-state index contributed by atoms with van der Waals surface area (Å²) < 4.78 is 2.60. The maximum Gasteiger partial charge on any atom is 0.0625 e. The van der Waals surface area contributed by atoms with Gasteiger partial charge in [0.1, 0.15) is 0 Å². The average Bonchev–Trinajstić information content (AvgIpc) is 1.38. The van der Waals surface area contributed by atoms with E-state index in [4.69, 9.17) is 0 Å². The Labute approximate surface area is 44.2 Å². The predicted octanol–water partition coefficient (Wildman–Crippen LogP) is -4.79. The molecule has 1 nitrogen and oxygen atoms in total. The summed E-state index contributed by atoms with van der Waals surface area (Å²) in [6.45, 7) is 0. The number of hydrogen-bond donors (Lipinski definition) is 0. The van der Waals surface area contributed by atoms with Crippen molar-refractivity contribution in [3.05, 3.63) is 0 Å². The molecule has 0 N–H and O–H groups in total. The lowest BCUT2D eigenvalue weighted by Crippen LogP contribution is -2.20. The summed E-state index contributed by atoms with van der Waals surface area (Å²) in [6.07, 6.45) is 0. The van der Waals surface area contributed by atoms with Crippen molar-refractivity contribution in [2.45, 2.75) is 0 Å². The average molecular weight is 137 g/mol. The lowest BCUT2D eigenvalue weighted by molar-refractivity contribution is 1.17. The molecule has 0 unspecified atom stereocenters. The molecule has 0 bridgehead atoms. The van der Waals surface area contributed by atoms with Crippen LogP contribution in [-0.4, -0.2) is 43.7 Å². The minimum atomic E-state index is 0.444. The molecule has 0 saturated carbocycles. The lowest BCUT2D eigenvalue weighted by atomic mass is 13.8. The van der Waals surface area contributed by atoms with Crippen molar-refractivity contribution in [1.82, 2.24) is 3.90 Å². The van der Waals surface area contributed by atoms with Gasteiger partial charge in [-0.15, -0.1) is 0 Å². The van der Waals surface area contributed by atoms with Gasteiger partial charge in [0.25, 0.3) is 0 Å². The topological polar surface area (TPSA) is 3.24 Å². The van der Waals surface area contributed by atoms with Gasteiger partial charge in [0.2, 0.25) is 0 Å². The van der Waals surface area contributed by atoms with E-state index in [9.17, 15) is 0 Å². The van der Waals surface area contributed by atoms with E-state index in [0.717, 1.165) is 0 Å². The van der Waals surface area contributed by atoms with E-state index < -0.39 is 0 Å². The van der Waals surface area contributed by atoms with Gasteiger partial charge >= 0.3 is 0 Å². The smallest absolute Gasteiger partial charge is 0.0625 e. The molecule has 0 aliphatic rings. The van der Waals surface area contributed by atoms with Crippen molar-refractivity contribution < 1.29 is 0 Å². The Morgan fingerprint density at radius 1 is 1.40 bits per heavy atom. The summed E-state index contributed by atoms with van der Waals surface area (Å²) in [5.74, 6) is 0. The fourth-order valence-electron chi connectivity index (χ4n) is 0.